The van der Waals surface area contributed by atoms with Gasteiger partial charge in [0.2, 0.25) is 0 Å². The minimum absolute atomic E-state index is 0.0887. The van der Waals surface area contributed by atoms with Gasteiger partial charge in [-0.15, -0.1) is 11.8 Å². The van der Waals surface area contributed by atoms with Gasteiger partial charge in [-0.05, 0) is 19.1 Å². The number of thioether (sulfide) groups is 1. The van der Waals surface area contributed by atoms with Crippen molar-refractivity contribution in [2.24, 2.45) is 7.05 Å². The molecular formula is C16H16FN3O5S. The van der Waals surface area contributed by atoms with Crippen LogP contribution in [0.3, 0.4) is 0 Å². The minimum atomic E-state index is -1.04. The Balaban J connectivity index is 2.18. The van der Waals surface area contributed by atoms with Crippen LogP contribution in [0.25, 0.3) is 0 Å². The SMILES string of the molecule is COC(=O)CSc1ccc(NC(=O)c2c(O)c(F)c(C)n(C)c2=O)nc1. The van der Waals surface area contributed by atoms with E-state index in [0.717, 1.165) is 4.57 Å². The number of esters is 1. The van der Waals surface area contributed by atoms with Crippen LogP contribution in [-0.4, -0.2) is 39.4 Å². The lowest BCUT2D eigenvalue weighted by Crippen LogP contribution is -2.30. The summed E-state index contributed by atoms with van der Waals surface area (Å²) in [5.41, 5.74) is -1.63. The molecule has 0 aromatic carbocycles. The highest BCUT2D eigenvalue weighted by atomic mass is 32.2. The molecule has 138 valence electrons. The number of amides is 1. The predicted octanol–water partition coefficient (Wildman–Crippen LogP) is 1.45. The van der Waals surface area contributed by atoms with Gasteiger partial charge in [0.15, 0.2) is 11.6 Å². The normalized spacial score (nSPS) is 10.5. The highest BCUT2D eigenvalue weighted by molar-refractivity contribution is 8.00. The molecule has 0 unspecified atom stereocenters. The third kappa shape index (κ3) is 4.02. The molecule has 0 aliphatic heterocycles. The van der Waals surface area contributed by atoms with Crippen molar-refractivity contribution in [3.05, 3.63) is 45.8 Å². The van der Waals surface area contributed by atoms with Crippen LogP contribution in [0.2, 0.25) is 0 Å². The van der Waals surface area contributed by atoms with E-state index in [4.69, 9.17) is 0 Å². The maximum Gasteiger partial charge on any atom is 0.315 e. The summed E-state index contributed by atoms with van der Waals surface area (Å²) in [6, 6.07) is 3.05. The van der Waals surface area contributed by atoms with E-state index in [1.165, 1.54) is 45.1 Å². The number of anilines is 1. The lowest BCUT2D eigenvalue weighted by atomic mass is 10.2. The topological polar surface area (TPSA) is 111 Å². The lowest BCUT2D eigenvalue weighted by Gasteiger charge is -2.11. The van der Waals surface area contributed by atoms with Gasteiger partial charge >= 0.3 is 5.97 Å². The zero-order valence-electron chi connectivity index (χ0n) is 14.2. The molecular weight excluding hydrogens is 365 g/mol. The van der Waals surface area contributed by atoms with Crippen molar-refractivity contribution in [2.45, 2.75) is 11.8 Å². The maximum atomic E-state index is 13.9. The molecule has 2 heterocycles. The molecule has 0 aliphatic carbocycles. The van der Waals surface area contributed by atoms with Gasteiger partial charge in [-0.3, -0.25) is 14.4 Å². The number of pyridine rings is 2. The third-order valence-corrected chi connectivity index (χ3v) is 4.53. The number of ether oxygens (including phenoxy) is 1. The van der Waals surface area contributed by atoms with Crippen LogP contribution in [0.5, 0.6) is 5.75 Å². The first-order valence-corrected chi connectivity index (χ1v) is 8.29. The van der Waals surface area contributed by atoms with Crippen molar-refractivity contribution in [1.29, 1.82) is 0 Å². The number of hydrogen-bond donors (Lipinski definition) is 2. The summed E-state index contributed by atoms with van der Waals surface area (Å²) in [6.45, 7) is 1.31. The second-order valence-electron chi connectivity index (χ2n) is 5.19. The largest absolute Gasteiger partial charge is 0.504 e. The van der Waals surface area contributed by atoms with E-state index in [1.54, 1.807) is 6.07 Å². The Morgan fingerprint density at radius 1 is 1.42 bits per heavy atom. The third-order valence-electron chi connectivity index (χ3n) is 3.57. The van der Waals surface area contributed by atoms with Crippen LogP contribution in [0.15, 0.2) is 28.0 Å². The van der Waals surface area contributed by atoms with E-state index in [9.17, 15) is 23.9 Å². The summed E-state index contributed by atoms with van der Waals surface area (Å²) >= 11 is 1.19. The highest BCUT2D eigenvalue weighted by Gasteiger charge is 2.23. The number of aromatic nitrogens is 2. The molecule has 0 saturated heterocycles. The molecule has 0 aliphatic rings. The zero-order chi connectivity index (χ0) is 19.4. The Labute approximate surface area is 152 Å². The number of methoxy groups -OCH3 is 1. The predicted molar refractivity (Wildman–Crippen MR) is 93.0 cm³/mol. The minimum Gasteiger partial charge on any atom is -0.504 e. The van der Waals surface area contributed by atoms with Gasteiger partial charge in [-0.1, -0.05) is 0 Å². The van der Waals surface area contributed by atoms with E-state index >= 15 is 0 Å². The first kappa shape index (κ1) is 19.4. The maximum absolute atomic E-state index is 13.9. The average Bonchev–Trinajstić information content (AvgIpc) is 2.64. The van der Waals surface area contributed by atoms with E-state index in [-0.39, 0.29) is 23.2 Å². The van der Waals surface area contributed by atoms with Crippen LogP contribution in [-0.2, 0) is 16.6 Å². The molecule has 10 heteroatoms. The summed E-state index contributed by atoms with van der Waals surface area (Å²) < 4.78 is 19.4. The standard InChI is InChI=1S/C16H16FN3O5S/c1-8-13(17)14(22)12(16(24)20(8)2)15(23)19-10-5-4-9(6-18-10)26-7-11(21)25-3/h4-6,22H,7H2,1-3H3,(H,18,19,23). The van der Waals surface area contributed by atoms with Crippen LogP contribution in [0, 0.1) is 12.7 Å². The first-order valence-electron chi connectivity index (χ1n) is 7.31. The molecule has 0 fully saturated rings. The lowest BCUT2D eigenvalue weighted by molar-refractivity contribution is -0.137. The Bertz CT molecular complexity index is 912. The molecule has 0 atom stereocenters. The van der Waals surface area contributed by atoms with Gasteiger partial charge in [-0.2, -0.15) is 0 Å². The van der Waals surface area contributed by atoms with Crippen LogP contribution in [0.4, 0.5) is 10.2 Å². The number of hydrogen-bond acceptors (Lipinski definition) is 7. The number of nitrogens with zero attached hydrogens (tertiary/aromatic N) is 2. The van der Waals surface area contributed by atoms with Crippen molar-refractivity contribution < 1.29 is 23.8 Å². The fraction of sp³-hybridized carbons (Fsp3) is 0.250. The monoisotopic (exact) mass is 381 g/mol. The Kier molecular flexibility index (Phi) is 5.98. The van der Waals surface area contributed by atoms with E-state index in [2.05, 4.69) is 15.0 Å². The molecule has 1 amide bonds. The van der Waals surface area contributed by atoms with Crippen LogP contribution >= 0.6 is 11.8 Å². The van der Waals surface area contributed by atoms with Crippen LogP contribution in [0.1, 0.15) is 16.1 Å². The second kappa shape index (κ2) is 8.00. The van der Waals surface area contributed by atoms with E-state index in [1.807, 2.05) is 0 Å². The van der Waals surface area contributed by atoms with Crippen LogP contribution < -0.4 is 10.9 Å². The molecule has 0 bridgehead atoms. The summed E-state index contributed by atoms with van der Waals surface area (Å²) in [7, 11) is 2.58. The summed E-state index contributed by atoms with van der Waals surface area (Å²) in [4.78, 5) is 40.1. The molecule has 2 aromatic rings. The van der Waals surface area contributed by atoms with Crippen molar-refractivity contribution in [3.8, 4) is 5.75 Å². The summed E-state index contributed by atoms with van der Waals surface area (Å²) in [5.74, 6) is -3.21. The van der Waals surface area contributed by atoms with E-state index in [0.29, 0.717) is 4.90 Å². The van der Waals surface area contributed by atoms with Gasteiger partial charge in [0.25, 0.3) is 11.5 Å². The molecule has 2 N–H and O–H groups in total. The first-order chi connectivity index (χ1) is 12.3. The van der Waals surface area contributed by atoms with Gasteiger partial charge in [0.1, 0.15) is 11.4 Å². The number of carbonyl (C=O) groups excluding carboxylic acids is 2. The fourth-order valence-corrected chi connectivity index (χ4v) is 2.67. The van der Waals surface area contributed by atoms with Gasteiger partial charge in [-0.25, -0.2) is 9.37 Å². The molecule has 26 heavy (non-hydrogen) atoms. The summed E-state index contributed by atoms with van der Waals surface area (Å²) in [6.07, 6.45) is 1.41. The van der Waals surface area contributed by atoms with Crippen molar-refractivity contribution in [2.75, 3.05) is 18.2 Å². The van der Waals surface area contributed by atoms with Crippen molar-refractivity contribution >= 4 is 29.5 Å². The Morgan fingerprint density at radius 3 is 2.69 bits per heavy atom. The molecule has 0 radical (unpaired) electrons. The van der Waals surface area contributed by atoms with E-state index < -0.39 is 28.6 Å². The van der Waals surface area contributed by atoms with Gasteiger partial charge in [0.05, 0.1) is 18.6 Å². The Hall–Kier alpha value is -2.88. The molecule has 0 saturated carbocycles. The number of nitrogens with one attached hydrogen (secondary N) is 1. The molecule has 8 nitrogen and oxygen atoms in total. The number of rotatable bonds is 5. The fourth-order valence-electron chi connectivity index (χ4n) is 1.97. The number of aromatic hydroxyl groups is 1. The summed E-state index contributed by atoms with van der Waals surface area (Å²) in [5, 5.41) is 12.1. The van der Waals surface area contributed by atoms with Crippen molar-refractivity contribution in [3.63, 3.8) is 0 Å². The van der Waals surface area contributed by atoms with Gasteiger partial charge < -0.3 is 19.7 Å². The molecule has 2 aromatic heterocycles. The molecule has 0 spiro atoms. The quantitative estimate of drug-likeness (QED) is 0.596. The number of carbonyl (C=O) groups is 2. The second-order valence-corrected chi connectivity index (χ2v) is 6.23. The Morgan fingerprint density at radius 2 is 2.12 bits per heavy atom. The number of halogens is 1. The smallest absolute Gasteiger partial charge is 0.315 e. The van der Waals surface area contributed by atoms with Gasteiger partial charge in [0, 0.05) is 18.1 Å². The molecule has 2 rings (SSSR count). The zero-order valence-corrected chi connectivity index (χ0v) is 15.0. The van der Waals surface area contributed by atoms with Crippen molar-refractivity contribution in [1.82, 2.24) is 9.55 Å². The highest BCUT2D eigenvalue weighted by Crippen LogP contribution is 2.22. The average molecular weight is 381 g/mol.